The van der Waals surface area contributed by atoms with E-state index >= 15 is 0 Å². The van der Waals surface area contributed by atoms with Gasteiger partial charge in [-0.3, -0.25) is 0 Å². The molecule has 116 valence electrons. The number of aromatic amines is 1. The number of aromatic nitrogens is 1. The highest BCUT2D eigenvalue weighted by Crippen LogP contribution is 2.26. The van der Waals surface area contributed by atoms with Crippen LogP contribution in [0.15, 0.2) is 29.3 Å². The second-order valence-electron chi connectivity index (χ2n) is 5.07. The minimum Gasteiger partial charge on any atom is -0.399 e. The number of nitrogens with two attached hydrogens (primary N) is 1. The van der Waals surface area contributed by atoms with E-state index in [2.05, 4.69) is 4.98 Å². The Bertz CT molecular complexity index is 709. The zero-order chi connectivity index (χ0) is 15.5. The van der Waals surface area contributed by atoms with Crippen LogP contribution >= 0.6 is 0 Å². The zero-order valence-corrected chi connectivity index (χ0v) is 12.9. The first-order valence-electron chi connectivity index (χ1n) is 6.90. The van der Waals surface area contributed by atoms with Crippen LogP contribution in [0.3, 0.4) is 0 Å². The summed E-state index contributed by atoms with van der Waals surface area (Å²) in [6.07, 6.45) is 3.72. The number of benzene rings is 1. The number of fused-ring (bicyclic) bond motifs is 1. The quantitative estimate of drug-likeness (QED) is 0.533. The van der Waals surface area contributed by atoms with Crippen LogP contribution in [0.2, 0.25) is 0 Å². The minimum atomic E-state index is -3.54. The van der Waals surface area contributed by atoms with Crippen LogP contribution < -0.4 is 5.73 Å². The Morgan fingerprint density at radius 2 is 2.05 bits per heavy atom. The molecule has 0 aliphatic heterocycles. The lowest BCUT2D eigenvalue weighted by Crippen LogP contribution is -2.27. The number of hydrogen-bond donors (Lipinski definition) is 3. The van der Waals surface area contributed by atoms with Crippen molar-refractivity contribution in [3.63, 3.8) is 0 Å². The standard InChI is InChI=1S/C14H21N3O3S/c1-17(7-3-2-4-8-18)21(19,20)14-10-16-13-6-5-11(15)9-12(13)14/h5-6,9-10,16,18H,2-4,7-8,15H2,1H3. The van der Waals surface area contributed by atoms with Crippen LogP contribution in [0, 0.1) is 0 Å². The number of unbranched alkanes of at least 4 members (excludes halogenated alkanes) is 2. The summed E-state index contributed by atoms with van der Waals surface area (Å²) in [5, 5.41) is 9.35. The molecule has 0 bridgehead atoms. The maximum atomic E-state index is 12.6. The molecule has 0 radical (unpaired) electrons. The molecule has 4 N–H and O–H groups in total. The first-order chi connectivity index (χ1) is 9.96. The fraction of sp³-hybridized carbons (Fsp3) is 0.429. The van der Waals surface area contributed by atoms with Gasteiger partial charge in [0.2, 0.25) is 10.0 Å². The Hall–Kier alpha value is -1.57. The molecular weight excluding hydrogens is 290 g/mol. The molecule has 2 aromatic rings. The van der Waals surface area contributed by atoms with Crippen LogP contribution in [0.5, 0.6) is 0 Å². The summed E-state index contributed by atoms with van der Waals surface area (Å²) in [7, 11) is -1.97. The molecule has 21 heavy (non-hydrogen) atoms. The smallest absolute Gasteiger partial charge is 0.244 e. The van der Waals surface area contributed by atoms with Gasteiger partial charge in [-0.25, -0.2) is 12.7 Å². The maximum Gasteiger partial charge on any atom is 0.244 e. The van der Waals surface area contributed by atoms with Crippen LogP contribution in [-0.2, 0) is 10.0 Å². The van der Waals surface area contributed by atoms with Crippen molar-refractivity contribution in [3.8, 4) is 0 Å². The van der Waals surface area contributed by atoms with E-state index in [0.29, 0.717) is 24.0 Å². The molecule has 0 spiro atoms. The molecule has 0 saturated carbocycles. The molecule has 0 fully saturated rings. The Kier molecular flexibility index (Phi) is 4.87. The molecule has 0 unspecified atom stereocenters. The van der Waals surface area contributed by atoms with E-state index in [1.807, 2.05) is 0 Å². The van der Waals surface area contributed by atoms with E-state index in [1.54, 1.807) is 25.2 Å². The fourth-order valence-corrected chi connectivity index (χ4v) is 3.60. The van der Waals surface area contributed by atoms with Crippen molar-refractivity contribution in [1.29, 1.82) is 0 Å². The van der Waals surface area contributed by atoms with Crippen molar-refractivity contribution in [1.82, 2.24) is 9.29 Å². The average Bonchev–Trinajstić information content (AvgIpc) is 2.86. The molecule has 1 aromatic carbocycles. The number of aliphatic hydroxyl groups is 1. The van der Waals surface area contributed by atoms with Gasteiger partial charge in [0.05, 0.1) is 0 Å². The predicted octanol–water partition coefficient (Wildman–Crippen LogP) is 1.53. The highest BCUT2D eigenvalue weighted by atomic mass is 32.2. The lowest BCUT2D eigenvalue weighted by atomic mass is 10.2. The Morgan fingerprint density at radius 3 is 2.76 bits per heavy atom. The third-order valence-electron chi connectivity index (χ3n) is 3.49. The summed E-state index contributed by atoms with van der Waals surface area (Å²) >= 11 is 0. The molecule has 0 saturated heterocycles. The van der Waals surface area contributed by atoms with Crippen molar-refractivity contribution >= 4 is 26.6 Å². The van der Waals surface area contributed by atoms with Crippen molar-refractivity contribution < 1.29 is 13.5 Å². The first-order valence-corrected chi connectivity index (χ1v) is 8.34. The molecule has 0 aliphatic carbocycles. The number of nitrogens with one attached hydrogen (secondary N) is 1. The topological polar surface area (TPSA) is 99.4 Å². The summed E-state index contributed by atoms with van der Waals surface area (Å²) in [6.45, 7) is 0.565. The maximum absolute atomic E-state index is 12.6. The van der Waals surface area contributed by atoms with E-state index < -0.39 is 10.0 Å². The van der Waals surface area contributed by atoms with Crippen LogP contribution in [-0.4, -0.2) is 43.0 Å². The number of nitrogen functional groups attached to an aromatic ring is 1. The summed E-state index contributed by atoms with van der Waals surface area (Å²) < 4.78 is 26.5. The van der Waals surface area contributed by atoms with Crippen molar-refractivity contribution in [3.05, 3.63) is 24.4 Å². The van der Waals surface area contributed by atoms with E-state index in [9.17, 15) is 8.42 Å². The van der Waals surface area contributed by atoms with Crippen LogP contribution in [0.4, 0.5) is 5.69 Å². The number of sulfonamides is 1. The monoisotopic (exact) mass is 311 g/mol. The number of H-pyrrole nitrogens is 1. The SMILES string of the molecule is CN(CCCCCO)S(=O)(=O)c1c[nH]c2ccc(N)cc12. The van der Waals surface area contributed by atoms with Crippen molar-refractivity contribution in [2.75, 3.05) is 25.9 Å². The highest BCUT2D eigenvalue weighted by Gasteiger charge is 2.23. The van der Waals surface area contributed by atoms with Gasteiger partial charge in [-0.15, -0.1) is 0 Å². The summed E-state index contributed by atoms with van der Waals surface area (Å²) in [5.74, 6) is 0. The van der Waals surface area contributed by atoms with Gasteiger partial charge in [0.15, 0.2) is 0 Å². The van der Waals surface area contributed by atoms with Crippen molar-refractivity contribution in [2.45, 2.75) is 24.2 Å². The Morgan fingerprint density at radius 1 is 1.29 bits per heavy atom. The fourth-order valence-electron chi connectivity index (χ4n) is 2.24. The molecule has 1 heterocycles. The van der Waals surface area contributed by atoms with Gasteiger partial charge in [0, 0.05) is 43.0 Å². The third kappa shape index (κ3) is 3.37. The minimum absolute atomic E-state index is 0.137. The Labute approximate surface area is 124 Å². The number of nitrogens with zero attached hydrogens (tertiary/aromatic N) is 1. The number of aliphatic hydroxyl groups excluding tert-OH is 1. The van der Waals surface area contributed by atoms with E-state index in [0.717, 1.165) is 18.4 Å². The average molecular weight is 311 g/mol. The molecular formula is C14H21N3O3S. The van der Waals surface area contributed by atoms with Gasteiger partial charge in [-0.1, -0.05) is 0 Å². The van der Waals surface area contributed by atoms with E-state index in [-0.39, 0.29) is 11.5 Å². The predicted molar refractivity (Wildman–Crippen MR) is 83.5 cm³/mol. The molecule has 0 aliphatic rings. The molecule has 2 rings (SSSR count). The number of rotatable bonds is 7. The van der Waals surface area contributed by atoms with Crippen molar-refractivity contribution in [2.24, 2.45) is 0 Å². The van der Waals surface area contributed by atoms with E-state index in [1.165, 1.54) is 10.5 Å². The van der Waals surface area contributed by atoms with Gasteiger partial charge < -0.3 is 15.8 Å². The normalized spacial score (nSPS) is 12.3. The third-order valence-corrected chi connectivity index (χ3v) is 5.38. The van der Waals surface area contributed by atoms with Gasteiger partial charge in [-0.2, -0.15) is 0 Å². The molecule has 6 nitrogen and oxygen atoms in total. The summed E-state index contributed by atoms with van der Waals surface area (Å²) in [6, 6.07) is 5.16. The largest absolute Gasteiger partial charge is 0.399 e. The lowest BCUT2D eigenvalue weighted by Gasteiger charge is -2.16. The van der Waals surface area contributed by atoms with Gasteiger partial charge >= 0.3 is 0 Å². The van der Waals surface area contributed by atoms with E-state index in [4.69, 9.17) is 10.8 Å². The molecule has 7 heteroatoms. The summed E-state index contributed by atoms with van der Waals surface area (Å²) in [4.78, 5) is 3.20. The summed E-state index contributed by atoms with van der Waals surface area (Å²) in [5.41, 5.74) is 7.02. The van der Waals surface area contributed by atoms with Gasteiger partial charge in [-0.05, 0) is 37.5 Å². The zero-order valence-electron chi connectivity index (χ0n) is 12.0. The molecule has 0 atom stereocenters. The molecule has 1 aromatic heterocycles. The highest BCUT2D eigenvalue weighted by molar-refractivity contribution is 7.89. The van der Waals surface area contributed by atoms with Crippen LogP contribution in [0.1, 0.15) is 19.3 Å². The number of anilines is 1. The van der Waals surface area contributed by atoms with Gasteiger partial charge in [0.1, 0.15) is 4.90 Å². The Balaban J connectivity index is 2.23. The lowest BCUT2D eigenvalue weighted by molar-refractivity contribution is 0.281. The second kappa shape index (κ2) is 6.46. The number of hydrogen-bond acceptors (Lipinski definition) is 4. The van der Waals surface area contributed by atoms with Gasteiger partial charge in [0.25, 0.3) is 0 Å². The first kappa shape index (κ1) is 15.8. The van der Waals surface area contributed by atoms with Crippen LogP contribution in [0.25, 0.3) is 10.9 Å². The molecule has 0 amide bonds. The second-order valence-corrected chi connectivity index (χ2v) is 7.08.